The first-order chi connectivity index (χ1) is 13.9. The van der Waals surface area contributed by atoms with Gasteiger partial charge in [-0.3, -0.25) is 15.0 Å². The Morgan fingerprint density at radius 1 is 1.38 bits per heavy atom. The average Bonchev–Trinajstić information content (AvgIpc) is 3.27. The fourth-order valence-corrected chi connectivity index (χ4v) is 4.63. The van der Waals surface area contributed by atoms with Crippen LogP contribution in [0.3, 0.4) is 0 Å². The second kappa shape index (κ2) is 8.20. The zero-order valence-electron chi connectivity index (χ0n) is 17.5. The number of carbonyl (C=O) groups is 1. The number of amides is 1. The highest BCUT2D eigenvalue weighted by Crippen LogP contribution is 2.23. The summed E-state index contributed by atoms with van der Waals surface area (Å²) in [5.41, 5.74) is 3.07. The Morgan fingerprint density at radius 2 is 2.21 bits per heavy atom. The summed E-state index contributed by atoms with van der Waals surface area (Å²) in [5.74, 6) is 0.564. The minimum atomic E-state index is -0.179. The number of hydrogen-bond acceptors (Lipinski definition) is 6. The van der Waals surface area contributed by atoms with E-state index in [1.165, 1.54) is 24.2 Å². The Morgan fingerprint density at radius 3 is 2.97 bits per heavy atom. The highest BCUT2D eigenvalue weighted by molar-refractivity contribution is 7.14. The molecule has 4 heterocycles. The number of aromatic nitrogens is 4. The van der Waals surface area contributed by atoms with Gasteiger partial charge in [-0.2, -0.15) is 5.10 Å². The van der Waals surface area contributed by atoms with Gasteiger partial charge in [0.05, 0.1) is 23.1 Å². The molecular weight excluding hydrogens is 384 g/mol. The van der Waals surface area contributed by atoms with Crippen molar-refractivity contribution in [3.05, 3.63) is 34.6 Å². The van der Waals surface area contributed by atoms with Crippen LogP contribution in [0, 0.1) is 12.8 Å². The van der Waals surface area contributed by atoms with Crippen LogP contribution in [-0.2, 0) is 6.54 Å². The van der Waals surface area contributed by atoms with Crippen molar-refractivity contribution in [2.24, 2.45) is 5.92 Å². The number of aryl methyl sites for hydroxylation is 1. The summed E-state index contributed by atoms with van der Waals surface area (Å²) in [4.78, 5) is 24.5. The highest BCUT2D eigenvalue weighted by atomic mass is 32.1. The van der Waals surface area contributed by atoms with Crippen LogP contribution in [0.25, 0.3) is 11.0 Å². The van der Waals surface area contributed by atoms with Gasteiger partial charge in [-0.15, -0.1) is 11.3 Å². The van der Waals surface area contributed by atoms with Crippen LogP contribution in [0.2, 0.25) is 0 Å². The van der Waals surface area contributed by atoms with Gasteiger partial charge in [0.1, 0.15) is 0 Å². The number of rotatable bonds is 5. The molecular formula is C21H28N6OS. The predicted molar refractivity (Wildman–Crippen MR) is 116 cm³/mol. The SMILES string of the molecule is Cc1nc2c(cnn2C(C)C)cc1C(=O)Nc1nc(CN2CCCC(C)C2)cs1. The lowest BCUT2D eigenvalue weighted by molar-refractivity contribution is 0.102. The van der Waals surface area contributed by atoms with Crippen molar-refractivity contribution >= 4 is 33.4 Å². The van der Waals surface area contributed by atoms with E-state index < -0.39 is 0 Å². The van der Waals surface area contributed by atoms with E-state index in [0.29, 0.717) is 16.4 Å². The molecule has 4 rings (SSSR count). The molecule has 0 radical (unpaired) electrons. The monoisotopic (exact) mass is 412 g/mol. The molecule has 1 unspecified atom stereocenters. The largest absolute Gasteiger partial charge is 0.298 e. The van der Waals surface area contributed by atoms with Gasteiger partial charge < -0.3 is 0 Å². The van der Waals surface area contributed by atoms with E-state index in [-0.39, 0.29) is 11.9 Å². The van der Waals surface area contributed by atoms with Crippen LogP contribution in [0.4, 0.5) is 5.13 Å². The van der Waals surface area contributed by atoms with E-state index in [1.807, 2.05) is 23.1 Å². The number of nitrogens with one attached hydrogen (secondary N) is 1. The molecule has 7 nitrogen and oxygen atoms in total. The molecule has 0 bridgehead atoms. The van der Waals surface area contributed by atoms with Gasteiger partial charge >= 0.3 is 0 Å². The van der Waals surface area contributed by atoms with Crippen molar-refractivity contribution in [2.75, 3.05) is 18.4 Å². The Hall–Kier alpha value is -2.32. The molecule has 0 aliphatic carbocycles. The molecule has 1 aliphatic rings. The normalized spacial score (nSPS) is 17.9. The molecule has 0 saturated carbocycles. The molecule has 1 atom stereocenters. The average molecular weight is 413 g/mol. The van der Waals surface area contributed by atoms with Gasteiger partial charge in [-0.05, 0) is 52.1 Å². The van der Waals surface area contributed by atoms with Crippen LogP contribution >= 0.6 is 11.3 Å². The summed E-state index contributed by atoms with van der Waals surface area (Å²) in [6.07, 6.45) is 4.32. The van der Waals surface area contributed by atoms with Crippen molar-refractivity contribution < 1.29 is 4.79 Å². The summed E-state index contributed by atoms with van der Waals surface area (Å²) in [7, 11) is 0. The van der Waals surface area contributed by atoms with E-state index in [4.69, 9.17) is 0 Å². The molecule has 1 fully saturated rings. The Labute approximate surface area is 175 Å². The lowest BCUT2D eigenvalue weighted by Gasteiger charge is -2.30. The number of hydrogen-bond donors (Lipinski definition) is 1. The lowest BCUT2D eigenvalue weighted by Crippen LogP contribution is -2.33. The van der Waals surface area contributed by atoms with Gasteiger partial charge in [-0.1, -0.05) is 6.92 Å². The molecule has 0 spiro atoms. The van der Waals surface area contributed by atoms with E-state index in [0.717, 1.165) is 42.3 Å². The molecule has 0 aromatic carbocycles. The Bertz CT molecular complexity index is 1020. The molecule has 1 aliphatic heterocycles. The maximum atomic E-state index is 12.8. The minimum absolute atomic E-state index is 0.179. The van der Waals surface area contributed by atoms with Crippen molar-refractivity contribution in [2.45, 2.75) is 53.1 Å². The first-order valence-corrected chi connectivity index (χ1v) is 11.1. The van der Waals surface area contributed by atoms with Gasteiger partial charge in [0.2, 0.25) is 0 Å². The molecule has 1 saturated heterocycles. The molecule has 8 heteroatoms. The zero-order valence-corrected chi connectivity index (χ0v) is 18.3. The Kier molecular flexibility index (Phi) is 5.65. The number of carbonyl (C=O) groups excluding carboxylic acids is 1. The van der Waals surface area contributed by atoms with Crippen LogP contribution in [-0.4, -0.2) is 43.6 Å². The summed E-state index contributed by atoms with van der Waals surface area (Å²) < 4.78 is 1.87. The number of pyridine rings is 1. The van der Waals surface area contributed by atoms with E-state index in [1.54, 1.807) is 6.20 Å². The van der Waals surface area contributed by atoms with Gasteiger partial charge in [0.25, 0.3) is 5.91 Å². The maximum absolute atomic E-state index is 12.8. The van der Waals surface area contributed by atoms with Crippen LogP contribution in [0.1, 0.15) is 61.4 Å². The fourth-order valence-electron chi connectivity index (χ4n) is 3.93. The topological polar surface area (TPSA) is 75.9 Å². The number of anilines is 1. The molecule has 3 aromatic rings. The minimum Gasteiger partial charge on any atom is -0.298 e. The van der Waals surface area contributed by atoms with Gasteiger partial charge in [0.15, 0.2) is 10.8 Å². The quantitative estimate of drug-likeness (QED) is 0.678. The van der Waals surface area contributed by atoms with E-state index >= 15 is 0 Å². The number of fused-ring (bicyclic) bond motifs is 1. The van der Waals surface area contributed by atoms with Crippen molar-refractivity contribution in [1.29, 1.82) is 0 Å². The summed E-state index contributed by atoms with van der Waals surface area (Å²) in [5, 5.41) is 10.9. The third kappa shape index (κ3) is 4.33. The predicted octanol–water partition coefficient (Wildman–Crippen LogP) is 4.26. The second-order valence-corrected chi connectivity index (χ2v) is 9.16. The molecule has 3 aromatic heterocycles. The highest BCUT2D eigenvalue weighted by Gasteiger charge is 2.19. The van der Waals surface area contributed by atoms with Crippen molar-refractivity contribution in [3.63, 3.8) is 0 Å². The summed E-state index contributed by atoms with van der Waals surface area (Å²) in [6.45, 7) is 11.4. The lowest BCUT2D eigenvalue weighted by atomic mass is 10.0. The molecule has 154 valence electrons. The van der Waals surface area contributed by atoms with Crippen molar-refractivity contribution in [3.8, 4) is 0 Å². The first-order valence-electron chi connectivity index (χ1n) is 10.2. The second-order valence-electron chi connectivity index (χ2n) is 8.30. The summed E-state index contributed by atoms with van der Waals surface area (Å²) >= 11 is 1.47. The number of likely N-dealkylation sites (tertiary alicyclic amines) is 1. The van der Waals surface area contributed by atoms with Crippen molar-refractivity contribution in [1.82, 2.24) is 24.6 Å². The number of piperidine rings is 1. The third-order valence-corrected chi connectivity index (χ3v) is 6.20. The molecule has 1 N–H and O–H groups in total. The van der Waals surface area contributed by atoms with Crippen LogP contribution in [0.15, 0.2) is 17.6 Å². The first kappa shape index (κ1) is 20.0. The maximum Gasteiger partial charge on any atom is 0.259 e. The zero-order chi connectivity index (χ0) is 20.5. The third-order valence-electron chi connectivity index (χ3n) is 5.39. The number of thiazole rings is 1. The van der Waals surface area contributed by atoms with Crippen LogP contribution < -0.4 is 5.32 Å². The van der Waals surface area contributed by atoms with Crippen LogP contribution in [0.5, 0.6) is 0 Å². The molecule has 29 heavy (non-hydrogen) atoms. The Balaban J connectivity index is 1.47. The number of nitrogens with zero attached hydrogens (tertiary/aromatic N) is 5. The smallest absolute Gasteiger partial charge is 0.259 e. The van der Waals surface area contributed by atoms with E-state index in [2.05, 4.69) is 46.1 Å². The standard InChI is InChI=1S/C21H28N6OS/c1-13(2)27-19-16(9-22-27)8-18(15(4)23-19)20(28)25-21-24-17(12-29-21)11-26-7-5-6-14(3)10-26/h8-9,12-14H,5-7,10-11H2,1-4H3,(H,24,25,28). The van der Waals surface area contributed by atoms with Gasteiger partial charge in [0, 0.05) is 29.9 Å². The van der Waals surface area contributed by atoms with E-state index in [9.17, 15) is 4.79 Å². The molecule has 1 amide bonds. The summed E-state index contributed by atoms with van der Waals surface area (Å²) in [6, 6.07) is 2.08. The fraction of sp³-hybridized carbons (Fsp3) is 0.524. The van der Waals surface area contributed by atoms with Gasteiger partial charge in [-0.25, -0.2) is 14.6 Å².